The number of benzene rings is 1. The molecular weight excluding hydrogens is 356 g/mol. The monoisotopic (exact) mass is 384 g/mol. The van der Waals surface area contributed by atoms with Crippen LogP contribution >= 0.6 is 11.6 Å². The molecule has 146 valence electrons. The second kappa shape index (κ2) is 10.00. The van der Waals surface area contributed by atoms with Crippen LogP contribution in [0.3, 0.4) is 0 Å². The van der Waals surface area contributed by atoms with Gasteiger partial charge in [-0.05, 0) is 57.1 Å². The van der Waals surface area contributed by atoms with Crippen LogP contribution in [-0.4, -0.2) is 67.3 Å². The Kier molecular flexibility index (Phi) is 8.00. The number of nitrogens with zero attached hydrogens (tertiary/aromatic N) is 2. The van der Waals surface area contributed by atoms with Gasteiger partial charge in [0.25, 0.3) is 0 Å². The number of hydrogen-bond acceptors (Lipinski definition) is 5. The SMILES string of the molecule is CCCOc1c(Cl)cc(CN2CCC(N(C)CC(=O)O)CC2)cc1OC. The van der Waals surface area contributed by atoms with Crippen LogP contribution in [0.1, 0.15) is 31.7 Å². The van der Waals surface area contributed by atoms with Crippen LogP contribution < -0.4 is 9.47 Å². The predicted octanol–water partition coefficient (Wildman–Crippen LogP) is 3.12. The van der Waals surface area contributed by atoms with Crippen molar-refractivity contribution >= 4 is 17.6 Å². The van der Waals surface area contributed by atoms with E-state index in [2.05, 4.69) is 4.90 Å². The van der Waals surface area contributed by atoms with E-state index in [0.29, 0.717) is 29.2 Å². The van der Waals surface area contributed by atoms with Gasteiger partial charge in [0.05, 0.1) is 25.3 Å². The first-order valence-corrected chi connectivity index (χ1v) is 9.46. The van der Waals surface area contributed by atoms with Crippen LogP contribution in [0.25, 0.3) is 0 Å². The van der Waals surface area contributed by atoms with Gasteiger partial charge in [-0.2, -0.15) is 0 Å². The zero-order valence-corrected chi connectivity index (χ0v) is 16.6. The van der Waals surface area contributed by atoms with Crippen LogP contribution in [0.2, 0.25) is 5.02 Å². The lowest BCUT2D eigenvalue weighted by molar-refractivity contribution is -0.138. The second-order valence-corrected chi connectivity index (χ2v) is 7.18. The Balaban J connectivity index is 1.95. The number of carboxylic acid groups (broad SMARTS) is 1. The van der Waals surface area contributed by atoms with Gasteiger partial charge in [0, 0.05) is 12.6 Å². The molecule has 0 amide bonds. The summed E-state index contributed by atoms with van der Waals surface area (Å²) < 4.78 is 11.1. The molecule has 6 nitrogen and oxygen atoms in total. The van der Waals surface area contributed by atoms with Gasteiger partial charge in [0.2, 0.25) is 0 Å². The van der Waals surface area contributed by atoms with E-state index >= 15 is 0 Å². The third-order valence-electron chi connectivity index (χ3n) is 4.71. The minimum absolute atomic E-state index is 0.0939. The first-order valence-electron chi connectivity index (χ1n) is 9.08. The summed E-state index contributed by atoms with van der Waals surface area (Å²) >= 11 is 6.39. The lowest BCUT2D eigenvalue weighted by atomic mass is 10.0. The molecule has 2 rings (SSSR count). The normalized spacial score (nSPS) is 16.0. The highest BCUT2D eigenvalue weighted by molar-refractivity contribution is 6.32. The number of piperidine rings is 1. The van der Waals surface area contributed by atoms with Gasteiger partial charge in [-0.1, -0.05) is 18.5 Å². The van der Waals surface area contributed by atoms with E-state index in [0.717, 1.165) is 44.5 Å². The van der Waals surface area contributed by atoms with Crippen molar-refractivity contribution in [2.45, 2.75) is 38.8 Å². The van der Waals surface area contributed by atoms with Crippen molar-refractivity contribution in [1.29, 1.82) is 0 Å². The summed E-state index contributed by atoms with van der Waals surface area (Å²) in [5.41, 5.74) is 1.09. The zero-order chi connectivity index (χ0) is 19.1. The minimum Gasteiger partial charge on any atom is -0.493 e. The fraction of sp³-hybridized carbons (Fsp3) is 0.632. The maximum atomic E-state index is 10.9. The molecule has 1 N–H and O–H groups in total. The second-order valence-electron chi connectivity index (χ2n) is 6.77. The molecule has 1 aromatic rings. The van der Waals surface area contributed by atoms with E-state index in [-0.39, 0.29) is 6.54 Å². The molecule has 1 aromatic carbocycles. The highest BCUT2D eigenvalue weighted by atomic mass is 35.5. The van der Waals surface area contributed by atoms with E-state index in [9.17, 15) is 4.79 Å². The average Bonchev–Trinajstić information content (AvgIpc) is 2.60. The fourth-order valence-electron chi connectivity index (χ4n) is 3.33. The number of likely N-dealkylation sites (tertiary alicyclic amines) is 1. The van der Waals surface area contributed by atoms with Crippen molar-refractivity contribution in [3.05, 3.63) is 22.7 Å². The summed E-state index contributed by atoms with van der Waals surface area (Å²) in [7, 11) is 3.51. The molecule has 0 aromatic heterocycles. The van der Waals surface area contributed by atoms with Crippen LogP contribution in [0, 0.1) is 0 Å². The molecule has 0 atom stereocenters. The standard InChI is InChI=1S/C19H29ClN2O4/c1-4-9-26-19-16(20)10-14(11-17(19)25-3)12-22-7-5-15(6-8-22)21(2)13-18(23)24/h10-11,15H,4-9,12-13H2,1-3H3,(H,23,24). The van der Waals surface area contributed by atoms with Gasteiger partial charge in [0.1, 0.15) is 0 Å². The lowest BCUT2D eigenvalue weighted by Crippen LogP contribution is -2.44. The molecule has 1 aliphatic rings. The van der Waals surface area contributed by atoms with Crippen molar-refractivity contribution in [3.63, 3.8) is 0 Å². The minimum atomic E-state index is -0.776. The van der Waals surface area contributed by atoms with E-state index in [1.165, 1.54) is 0 Å². The Morgan fingerprint density at radius 3 is 2.65 bits per heavy atom. The van der Waals surface area contributed by atoms with Gasteiger partial charge in [0.15, 0.2) is 11.5 Å². The Hall–Kier alpha value is -1.50. The van der Waals surface area contributed by atoms with Gasteiger partial charge < -0.3 is 14.6 Å². The van der Waals surface area contributed by atoms with Crippen LogP contribution in [-0.2, 0) is 11.3 Å². The highest BCUT2D eigenvalue weighted by Gasteiger charge is 2.24. The third kappa shape index (κ3) is 5.76. The molecule has 0 aliphatic carbocycles. The Labute approximate surface area is 160 Å². The van der Waals surface area contributed by atoms with E-state index < -0.39 is 5.97 Å². The average molecular weight is 385 g/mol. The van der Waals surface area contributed by atoms with Gasteiger partial charge >= 0.3 is 5.97 Å². The molecule has 7 heteroatoms. The molecule has 26 heavy (non-hydrogen) atoms. The molecule has 0 bridgehead atoms. The fourth-order valence-corrected chi connectivity index (χ4v) is 3.62. The topological polar surface area (TPSA) is 62.2 Å². The lowest BCUT2D eigenvalue weighted by Gasteiger charge is -2.36. The first-order chi connectivity index (χ1) is 12.4. The quantitative estimate of drug-likeness (QED) is 0.705. The summed E-state index contributed by atoms with van der Waals surface area (Å²) in [5.74, 6) is 0.493. The first kappa shape index (κ1) is 20.8. The summed E-state index contributed by atoms with van der Waals surface area (Å²) in [6.45, 7) is 5.40. The summed E-state index contributed by atoms with van der Waals surface area (Å²) in [6.07, 6.45) is 2.84. The Morgan fingerprint density at radius 1 is 1.38 bits per heavy atom. The number of ether oxygens (including phenoxy) is 2. The number of hydrogen-bond donors (Lipinski definition) is 1. The van der Waals surface area contributed by atoms with Crippen molar-refractivity contribution in [2.75, 3.05) is 40.4 Å². The molecular formula is C19H29ClN2O4. The summed E-state index contributed by atoms with van der Waals surface area (Å²) in [4.78, 5) is 15.2. The number of halogens is 1. The van der Waals surface area contributed by atoms with Gasteiger partial charge in [-0.15, -0.1) is 0 Å². The Morgan fingerprint density at radius 2 is 2.08 bits per heavy atom. The molecule has 1 saturated heterocycles. The van der Waals surface area contributed by atoms with Crippen molar-refractivity contribution in [2.24, 2.45) is 0 Å². The summed E-state index contributed by atoms with van der Waals surface area (Å²) in [6, 6.07) is 4.25. The molecule has 0 saturated carbocycles. The highest BCUT2D eigenvalue weighted by Crippen LogP contribution is 2.37. The molecule has 0 spiro atoms. The van der Waals surface area contributed by atoms with Crippen molar-refractivity contribution in [1.82, 2.24) is 9.80 Å². The molecule has 1 fully saturated rings. The number of carbonyl (C=O) groups is 1. The van der Waals surface area contributed by atoms with E-state index in [1.807, 2.05) is 31.0 Å². The Bertz CT molecular complexity index is 603. The zero-order valence-electron chi connectivity index (χ0n) is 15.8. The van der Waals surface area contributed by atoms with Crippen molar-refractivity contribution in [3.8, 4) is 11.5 Å². The van der Waals surface area contributed by atoms with E-state index in [4.69, 9.17) is 26.2 Å². The summed E-state index contributed by atoms with van der Waals surface area (Å²) in [5, 5.41) is 9.50. The number of likely N-dealkylation sites (N-methyl/N-ethyl adjacent to an activating group) is 1. The largest absolute Gasteiger partial charge is 0.493 e. The van der Waals surface area contributed by atoms with Gasteiger partial charge in [-0.25, -0.2) is 0 Å². The van der Waals surface area contributed by atoms with E-state index in [1.54, 1.807) is 7.11 Å². The number of rotatable bonds is 9. The van der Waals surface area contributed by atoms with Crippen LogP contribution in [0.5, 0.6) is 11.5 Å². The predicted molar refractivity (Wildman–Crippen MR) is 102 cm³/mol. The van der Waals surface area contributed by atoms with Crippen LogP contribution in [0.15, 0.2) is 12.1 Å². The van der Waals surface area contributed by atoms with Gasteiger partial charge in [-0.3, -0.25) is 14.6 Å². The number of methoxy groups -OCH3 is 1. The maximum absolute atomic E-state index is 10.9. The maximum Gasteiger partial charge on any atom is 0.317 e. The third-order valence-corrected chi connectivity index (χ3v) is 4.99. The smallest absolute Gasteiger partial charge is 0.317 e. The molecule has 1 aliphatic heterocycles. The van der Waals surface area contributed by atoms with Crippen molar-refractivity contribution < 1.29 is 19.4 Å². The molecule has 1 heterocycles. The number of aliphatic carboxylic acids is 1. The van der Waals surface area contributed by atoms with Crippen LogP contribution in [0.4, 0.5) is 0 Å². The molecule has 0 unspecified atom stereocenters. The number of carboxylic acids is 1. The molecule has 0 radical (unpaired) electrons.